The largest absolute Gasteiger partial charge is 0.496 e. The maximum absolute atomic E-state index is 12.2. The van der Waals surface area contributed by atoms with E-state index in [-0.39, 0.29) is 36.4 Å². The van der Waals surface area contributed by atoms with Crippen molar-refractivity contribution in [2.24, 2.45) is 0 Å². The molecule has 2 aromatic carbocycles. The number of hydrogen-bond acceptors (Lipinski definition) is 6. The topological polar surface area (TPSA) is 110 Å². The molecule has 0 aliphatic carbocycles. The molecule has 8 nitrogen and oxygen atoms in total. The van der Waals surface area contributed by atoms with Crippen molar-refractivity contribution in [2.45, 2.75) is 19.4 Å². The van der Waals surface area contributed by atoms with Crippen LogP contribution in [0.15, 0.2) is 47.3 Å². The quantitative estimate of drug-likeness (QED) is 0.592. The Morgan fingerprint density at radius 2 is 1.93 bits per heavy atom. The smallest absolute Gasteiger partial charge is 0.341 e. The standard InChI is InChI=1S/C21H21N3O5/c1-28-18-9-7-13(11-14(18)21(27)29-2)12-22-19(25)10-8-17-20(26)24-16-6-4-3-5-15(16)23-17/h3-7,9,11H,8,10,12H2,1-2H3,(H,22,25)(H,24,26). The van der Waals surface area contributed by atoms with Crippen LogP contribution in [0.5, 0.6) is 5.75 Å². The number of H-pyrrole nitrogens is 1. The van der Waals surface area contributed by atoms with E-state index < -0.39 is 5.97 Å². The van der Waals surface area contributed by atoms with Gasteiger partial charge in [0.25, 0.3) is 5.56 Å². The minimum atomic E-state index is -0.517. The highest BCUT2D eigenvalue weighted by atomic mass is 16.5. The predicted octanol–water partition coefficient (Wildman–Crippen LogP) is 1.97. The van der Waals surface area contributed by atoms with Gasteiger partial charge in [0.15, 0.2) is 0 Å². The van der Waals surface area contributed by atoms with Crippen LogP contribution in [0.25, 0.3) is 11.0 Å². The van der Waals surface area contributed by atoms with Crippen LogP contribution in [0, 0.1) is 0 Å². The fraction of sp³-hybridized carbons (Fsp3) is 0.238. The van der Waals surface area contributed by atoms with E-state index >= 15 is 0 Å². The van der Waals surface area contributed by atoms with Gasteiger partial charge < -0.3 is 19.8 Å². The summed E-state index contributed by atoms with van der Waals surface area (Å²) in [4.78, 5) is 43.2. The monoisotopic (exact) mass is 395 g/mol. The molecule has 0 radical (unpaired) electrons. The average Bonchev–Trinajstić information content (AvgIpc) is 2.75. The van der Waals surface area contributed by atoms with Gasteiger partial charge in [0, 0.05) is 19.4 Å². The summed E-state index contributed by atoms with van der Waals surface area (Å²) in [5.74, 6) is -0.347. The number of aromatic nitrogens is 2. The van der Waals surface area contributed by atoms with Crippen LogP contribution in [-0.4, -0.2) is 36.1 Å². The summed E-state index contributed by atoms with van der Waals surface area (Å²) in [6.45, 7) is 0.230. The number of rotatable bonds is 7. The molecule has 0 spiro atoms. The zero-order chi connectivity index (χ0) is 20.8. The molecular formula is C21H21N3O5. The van der Waals surface area contributed by atoms with Crippen molar-refractivity contribution in [3.05, 3.63) is 69.6 Å². The summed E-state index contributed by atoms with van der Waals surface area (Å²) in [5.41, 5.74) is 2.36. The summed E-state index contributed by atoms with van der Waals surface area (Å²) in [5, 5.41) is 2.78. The zero-order valence-corrected chi connectivity index (χ0v) is 16.2. The second kappa shape index (κ2) is 9.01. The van der Waals surface area contributed by atoms with E-state index in [2.05, 4.69) is 15.3 Å². The Morgan fingerprint density at radius 1 is 1.14 bits per heavy atom. The normalized spacial score (nSPS) is 10.6. The molecule has 3 aromatic rings. The maximum Gasteiger partial charge on any atom is 0.341 e. The van der Waals surface area contributed by atoms with E-state index in [9.17, 15) is 14.4 Å². The van der Waals surface area contributed by atoms with E-state index in [1.807, 2.05) is 12.1 Å². The van der Waals surface area contributed by atoms with Crippen molar-refractivity contribution in [3.8, 4) is 5.75 Å². The third kappa shape index (κ3) is 4.78. The van der Waals surface area contributed by atoms with Crippen LogP contribution < -0.4 is 15.6 Å². The number of benzene rings is 2. The first-order valence-corrected chi connectivity index (χ1v) is 9.01. The molecule has 0 aliphatic rings. The predicted molar refractivity (Wildman–Crippen MR) is 107 cm³/mol. The first kappa shape index (κ1) is 20.1. The second-order valence-corrected chi connectivity index (χ2v) is 6.33. The molecular weight excluding hydrogens is 374 g/mol. The molecule has 0 unspecified atom stereocenters. The Hall–Kier alpha value is -3.68. The Kier molecular flexibility index (Phi) is 6.23. The number of hydrogen-bond donors (Lipinski definition) is 2. The van der Waals surface area contributed by atoms with Crippen LogP contribution in [0.3, 0.4) is 0 Å². The van der Waals surface area contributed by atoms with E-state index in [4.69, 9.17) is 9.47 Å². The molecule has 3 rings (SSSR count). The molecule has 8 heteroatoms. The summed E-state index contributed by atoms with van der Waals surface area (Å²) >= 11 is 0. The minimum Gasteiger partial charge on any atom is -0.496 e. The maximum atomic E-state index is 12.2. The van der Waals surface area contributed by atoms with Crippen LogP contribution >= 0.6 is 0 Å². The molecule has 0 saturated carbocycles. The summed E-state index contributed by atoms with van der Waals surface area (Å²) in [6.07, 6.45) is 0.344. The second-order valence-electron chi connectivity index (χ2n) is 6.33. The van der Waals surface area contributed by atoms with E-state index in [1.54, 1.807) is 30.3 Å². The van der Waals surface area contributed by atoms with Crippen molar-refractivity contribution in [3.63, 3.8) is 0 Å². The van der Waals surface area contributed by atoms with E-state index in [1.165, 1.54) is 14.2 Å². The minimum absolute atomic E-state index is 0.119. The number of amides is 1. The molecule has 0 fully saturated rings. The molecule has 1 amide bonds. The van der Waals surface area contributed by atoms with Crippen molar-refractivity contribution in [1.82, 2.24) is 15.3 Å². The molecule has 2 N–H and O–H groups in total. The number of esters is 1. The van der Waals surface area contributed by atoms with Gasteiger partial charge in [-0.05, 0) is 29.8 Å². The first-order chi connectivity index (χ1) is 14.0. The highest BCUT2D eigenvalue weighted by Gasteiger charge is 2.14. The van der Waals surface area contributed by atoms with Gasteiger partial charge in [-0.1, -0.05) is 18.2 Å². The lowest BCUT2D eigenvalue weighted by molar-refractivity contribution is -0.121. The number of para-hydroxylation sites is 2. The third-order valence-electron chi connectivity index (χ3n) is 4.42. The number of methoxy groups -OCH3 is 2. The van der Waals surface area contributed by atoms with Crippen molar-refractivity contribution < 1.29 is 19.1 Å². The Labute approximate surface area is 166 Å². The van der Waals surface area contributed by atoms with Crippen LogP contribution in [-0.2, 0) is 22.5 Å². The van der Waals surface area contributed by atoms with E-state index in [0.717, 1.165) is 5.56 Å². The Bertz CT molecular complexity index is 1110. The van der Waals surface area contributed by atoms with Gasteiger partial charge in [0.05, 0.1) is 25.3 Å². The number of aryl methyl sites for hydroxylation is 1. The Balaban J connectivity index is 1.61. The molecule has 0 atom stereocenters. The van der Waals surface area contributed by atoms with Gasteiger partial charge in [-0.3, -0.25) is 9.59 Å². The van der Waals surface area contributed by atoms with Crippen molar-refractivity contribution >= 4 is 22.9 Å². The number of carbonyl (C=O) groups is 2. The molecule has 150 valence electrons. The van der Waals surface area contributed by atoms with Gasteiger partial charge in [-0.15, -0.1) is 0 Å². The lowest BCUT2D eigenvalue weighted by atomic mass is 10.1. The lowest BCUT2D eigenvalue weighted by Gasteiger charge is -2.10. The lowest BCUT2D eigenvalue weighted by Crippen LogP contribution is -2.25. The molecule has 1 aromatic heterocycles. The third-order valence-corrected chi connectivity index (χ3v) is 4.42. The van der Waals surface area contributed by atoms with Gasteiger partial charge in [0.2, 0.25) is 5.91 Å². The number of nitrogens with one attached hydrogen (secondary N) is 2. The van der Waals surface area contributed by atoms with Gasteiger partial charge in [-0.25, -0.2) is 9.78 Å². The number of aromatic amines is 1. The molecule has 0 bridgehead atoms. The highest BCUT2D eigenvalue weighted by molar-refractivity contribution is 5.92. The summed E-state index contributed by atoms with van der Waals surface area (Å²) in [7, 11) is 2.75. The van der Waals surface area contributed by atoms with Crippen molar-refractivity contribution in [1.29, 1.82) is 0 Å². The average molecular weight is 395 g/mol. The zero-order valence-electron chi connectivity index (χ0n) is 16.2. The number of carbonyl (C=O) groups excluding carboxylic acids is 2. The SMILES string of the molecule is COC(=O)c1cc(CNC(=O)CCc2nc3ccccc3[nH]c2=O)ccc1OC. The number of nitrogens with zero attached hydrogens (tertiary/aromatic N) is 1. The fourth-order valence-corrected chi connectivity index (χ4v) is 2.89. The molecule has 1 heterocycles. The summed E-state index contributed by atoms with van der Waals surface area (Å²) in [6, 6.07) is 12.2. The summed E-state index contributed by atoms with van der Waals surface area (Å²) < 4.78 is 9.89. The van der Waals surface area contributed by atoms with Gasteiger partial charge in [-0.2, -0.15) is 0 Å². The number of ether oxygens (including phenoxy) is 2. The highest BCUT2D eigenvalue weighted by Crippen LogP contribution is 2.20. The first-order valence-electron chi connectivity index (χ1n) is 9.01. The number of fused-ring (bicyclic) bond motifs is 1. The van der Waals surface area contributed by atoms with Gasteiger partial charge in [0.1, 0.15) is 17.0 Å². The molecule has 29 heavy (non-hydrogen) atoms. The fourth-order valence-electron chi connectivity index (χ4n) is 2.89. The van der Waals surface area contributed by atoms with Crippen LogP contribution in [0.2, 0.25) is 0 Å². The van der Waals surface area contributed by atoms with Gasteiger partial charge >= 0.3 is 5.97 Å². The van der Waals surface area contributed by atoms with E-state index in [0.29, 0.717) is 22.5 Å². The molecule has 0 saturated heterocycles. The van der Waals surface area contributed by atoms with Crippen LogP contribution in [0.1, 0.15) is 28.0 Å². The van der Waals surface area contributed by atoms with Crippen molar-refractivity contribution in [2.75, 3.05) is 14.2 Å². The molecule has 0 aliphatic heterocycles. The van der Waals surface area contributed by atoms with Crippen LogP contribution in [0.4, 0.5) is 0 Å². The Morgan fingerprint density at radius 3 is 2.69 bits per heavy atom.